The molecule has 2 atom stereocenters. The summed E-state index contributed by atoms with van der Waals surface area (Å²) in [4.78, 5) is 26.5. The van der Waals surface area contributed by atoms with Gasteiger partial charge in [-0.1, -0.05) is 80.6 Å². The Balaban J connectivity index is 1.54. The molecule has 3 aromatic carbocycles. The van der Waals surface area contributed by atoms with Crippen molar-refractivity contribution in [3.63, 3.8) is 0 Å². The quantitative estimate of drug-likeness (QED) is 0.170. The number of ether oxygens (including phenoxy) is 1. The van der Waals surface area contributed by atoms with E-state index in [-0.39, 0.29) is 12.0 Å². The van der Waals surface area contributed by atoms with Crippen molar-refractivity contribution >= 4 is 35.4 Å². The molecule has 5 nitrogen and oxygen atoms in total. The van der Waals surface area contributed by atoms with Crippen molar-refractivity contribution in [3.8, 4) is 11.1 Å². The van der Waals surface area contributed by atoms with Crippen LogP contribution in [0.5, 0.6) is 0 Å². The fourth-order valence-electron chi connectivity index (χ4n) is 5.60. The number of thioether (sulfide) groups is 2. The maximum absolute atomic E-state index is 13.4. The molecule has 0 bridgehead atoms. The van der Waals surface area contributed by atoms with Gasteiger partial charge >= 0.3 is 5.97 Å². The molecular weight excluding hydrogens is 563 g/mol. The lowest BCUT2D eigenvalue weighted by Gasteiger charge is -2.27. The second-order valence-electron chi connectivity index (χ2n) is 11.1. The number of rotatable bonds is 15. The van der Waals surface area contributed by atoms with E-state index >= 15 is 0 Å². The fourth-order valence-corrected chi connectivity index (χ4v) is 7.04. The highest BCUT2D eigenvalue weighted by Crippen LogP contribution is 2.32. The zero-order valence-corrected chi connectivity index (χ0v) is 26.4. The number of carbonyl (C=O) groups excluding carboxylic acids is 1. The Bertz CT molecular complexity index is 1290. The van der Waals surface area contributed by atoms with Crippen molar-refractivity contribution in [2.75, 3.05) is 17.8 Å². The third kappa shape index (κ3) is 9.65. The number of carboxylic acids is 1. The third-order valence-corrected chi connectivity index (χ3v) is 9.75. The summed E-state index contributed by atoms with van der Waals surface area (Å²) in [5.41, 5.74) is 4.28. The first-order valence-corrected chi connectivity index (χ1v) is 17.3. The molecule has 4 rings (SSSR count). The molecule has 7 heteroatoms. The Morgan fingerprint density at radius 1 is 0.976 bits per heavy atom. The molecule has 1 aliphatic rings. The van der Waals surface area contributed by atoms with E-state index in [1.54, 1.807) is 11.8 Å². The van der Waals surface area contributed by atoms with Crippen LogP contribution in [-0.4, -0.2) is 46.9 Å². The normalized spacial score (nSPS) is 15.2. The molecule has 0 aromatic heterocycles. The molecule has 0 aliphatic heterocycles. The molecule has 42 heavy (non-hydrogen) atoms. The summed E-state index contributed by atoms with van der Waals surface area (Å²) in [6, 6.07) is 23.3. The van der Waals surface area contributed by atoms with E-state index in [1.165, 1.54) is 37.0 Å². The SMILES string of the molecule is CSCC[C@H](NC(=O)c1ccc(COC(CSc2ccccc2)CC2CCCCC2)cc1-c1ccccc1C)C(=O)O. The van der Waals surface area contributed by atoms with Crippen LogP contribution >= 0.6 is 23.5 Å². The van der Waals surface area contributed by atoms with Gasteiger partial charge in [-0.2, -0.15) is 11.8 Å². The Morgan fingerprint density at radius 2 is 1.71 bits per heavy atom. The van der Waals surface area contributed by atoms with Gasteiger partial charge in [-0.25, -0.2) is 4.79 Å². The van der Waals surface area contributed by atoms with Gasteiger partial charge in [0.25, 0.3) is 5.91 Å². The Kier molecular flexibility index (Phi) is 12.9. The molecule has 0 saturated heterocycles. The highest BCUT2D eigenvalue weighted by atomic mass is 32.2. The van der Waals surface area contributed by atoms with Crippen LogP contribution in [0.25, 0.3) is 11.1 Å². The second-order valence-corrected chi connectivity index (χ2v) is 13.2. The lowest BCUT2D eigenvalue weighted by molar-refractivity contribution is -0.139. The molecule has 1 saturated carbocycles. The maximum atomic E-state index is 13.4. The molecule has 0 radical (unpaired) electrons. The van der Waals surface area contributed by atoms with E-state index in [4.69, 9.17) is 4.74 Å². The van der Waals surface area contributed by atoms with Crippen LogP contribution in [-0.2, 0) is 16.1 Å². The number of carbonyl (C=O) groups is 2. The first-order valence-electron chi connectivity index (χ1n) is 15.0. The van der Waals surface area contributed by atoms with Crippen LogP contribution in [0.3, 0.4) is 0 Å². The first-order chi connectivity index (χ1) is 20.4. The first kappa shape index (κ1) is 32.2. The minimum Gasteiger partial charge on any atom is -0.480 e. The summed E-state index contributed by atoms with van der Waals surface area (Å²) in [5.74, 6) is 0.879. The van der Waals surface area contributed by atoms with Crippen LogP contribution < -0.4 is 5.32 Å². The van der Waals surface area contributed by atoms with Crippen LogP contribution in [0.4, 0.5) is 0 Å². The van der Waals surface area contributed by atoms with Gasteiger partial charge in [0.1, 0.15) is 6.04 Å². The molecule has 3 aromatic rings. The minimum absolute atomic E-state index is 0.135. The number of hydrogen-bond donors (Lipinski definition) is 2. The zero-order chi connectivity index (χ0) is 29.7. The molecule has 0 spiro atoms. The van der Waals surface area contributed by atoms with Crippen molar-refractivity contribution in [2.24, 2.45) is 5.92 Å². The summed E-state index contributed by atoms with van der Waals surface area (Å²) >= 11 is 3.41. The van der Waals surface area contributed by atoms with Crippen LogP contribution in [0.15, 0.2) is 77.7 Å². The predicted molar refractivity (Wildman–Crippen MR) is 175 cm³/mol. The minimum atomic E-state index is -1.02. The van der Waals surface area contributed by atoms with Crippen molar-refractivity contribution < 1.29 is 19.4 Å². The maximum Gasteiger partial charge on any atom is 0.326 e. The molecule has 224 valence electrons. The molecule has 0 heterocycles. The van der Waals surface area contributed by atoms with Crippen molar-refractivity contribution in [1.29, 1.82) is 0 Å². The fraction of sp³-hybridized carbons (Fsp3) is 0.429. The van der Waals surface area contributed by atoms with E-state index in [0.29, 0.717) is 30.3 Å². The zero-order valence-electron chi connectivity index (χ0n) is 24.7. The van der Waals surface area contributed by atoms with Crippen LogP contribution in [0, 0.1) is 12.8 Å². The molecule has 1 aliphatic carbocycles. The number of aryl methyl sites for hydroxylation is 1. The molecule has 1 fully saturated rings. The third-order valence-electron chi connectivity index (χ3n) is 7.96. The van der Waals surface area contributed by atoms with Gasteiger partial charge in [-0.05, 0) is 84.2 Å². The van der Waals surface area contributed by atoms with Gasteiger partial charge in [0.05, 0.1) is 12.7 Å². The van der Waals surface area contributed by atoms with E-state index in [1.807, 2.05) is 73.5 Å². The van der Waals surface area contributed by atoms with E-state index in [0.717, 1.165) is 34.4 Å². The number of nitrogens with one attached hydrogen (secondary N) is 1. The van der Waals surface area contributed by atoms with Crippen molar-refractivity contribution in [1.82, 2.24) is 5.32 Å². The van der Waals surface area contributed by atoms with Crippen LogP contribution in [0.2, 0.25) is 0 Å². The number of hydrogen-bond acceptors (Lipinski definition) is 5. The van der Waals surface area contributed by atoms with Crippen LogP contribution in [0.1, 0.15) is 66.4 Å². The predicted octanol–water partition coefficient (Wildman–Crippen LogP) is 8.25. The van der Waals surface area contributed by atoms with Gasteiger partial charge < -0.3 is 15.2 Å². The van der Waals surface area contributed by atoms with Crippen molar-refractivity contribution in [2.45, 2.75) is 75.5 Å². The second kappa shape index (κ2) is 16.8. The average Bonchev–Trinajstić information content (AvgIpc) is 3.01. The summed E-state index contributed by atoms with van der Waals surface area (Å²) in [6.45, 7) is 2.48. The average molecular weight is 606 g/mol. The molecule has 1 unspecified atom stereocenters. The van der Waals surface area contributed by atoms with E-state index < -0.39 is 12.0 Å². The van der Waals surface area contributed by atoms with Gasteiger partial charge in [-0.3, -0.25) is 4.79 Å². The smallest absolute Gasteiger partial charge is 0.326 e. The highest BCUT2D eigenvalue weighted by Gasteiger charge is 2.24. The summed E-state index contributed by atoms with van der Waals surface area (Å²) in [5, 5.41) is 12.4. The lowest BCUT2D eigenvalue weighted by atomic mass is 9.85. The summed E-state index contributed by atoms with van der Waals surface area (Å²) in [6.07, 6.45) is 10.0. The molecule has 1 amide bonds. The van der Waals surface area contributed by atoms with Crippen molar-refractivity contribution in [3.05, 3.63) is 89.5 Å². The topological polar surface area (TPSA) is 75.6 Å². The number of aliphatic carboxylic acids is 1. The number of benzene rings is 3. The largest absolute Gasteiger partial charge is 0.480 e. The number of carboxylic acid groups (broad SMARTS) is 1. The van der Waals surface area contributed by atoms with E-state index in [2.05, 4.69) is 29.6 Å². The lowest BCUT2D eigenvalue weighted by Crippen LogP contribution is -2.41. The summed E-state index contributed by atoms with van der Waals surface area (Å²) in [7, 11) is 0. The molecular formula is C35H43NO4S2. The summed E-state index contributed by atoms with van der Waals surface area (Å²) < 4.78 is 6.61. The van der Waals surface area contributed by atoms with Gasteiger partial charge in [0.2, 0.25) is 0 Å². The van der Waals surface area contributed by atoms with Gasteiger partial charge in [0.15, 0.2) is 0 Å². The molecule has 2 N–H and O–H groups in total. The Labute approximate surface area is 259 Å². The monoisotopic (exact) mass is 605 g/mol. The van der Waals surface area contributed by atoms with Gasteiger partial charge in [-0.15, -0.1) is 11.8 Å². The van der Waals surface area contributed by atoms with E-state index in [9.17, 15) is 14.7 Å². The van der Waals surface area contributed by atoms with Gasteiger partial charge in [0, 0.05) is 16.2 Å². The highest BCUT2D eigenvalue weighted by molar-refractivity contribution is 7.99. The Hall–Kier alpha value is -2.74. The standard InChI is InChI=1S/C35H43NO4S2/c1-25-11-9-10-16-30(25)32-22-27(17-18-31(32)34(37)36-33(35(38)39)19-20-41-2)23-40-28(21-26-12-5-3-6-13-26)24-42-29-14-7-4-8-15-29/h4,7-11,14-18,22,26,28,33H,3,5-6,12-13,19-21,23-24H2,1-2H3,(H,36,37)(H,38,39)/t28?,33-/m0/s1. The Morgan fingerprint density at radius 3 is 2.43 bits per heavy atom. The number of amides is 1.